The van der Waals surface area contributed by atoms with Gasteiger partial charge in [0, 0.05) is 47.9 Å². The molecule has 1 aromatic carbocycles. The lowest BCUT2D eigenvalue weighted by atomic mass is 9.89. The Morgan fingerprint density at radius 1 is 1.21 bits per heavy atom. The van der Waals surface area contributed by atoms with Crippen molar-refractivity contribution >= 4 is 22.7 Å². The fourth-order valence-electron chi connectivity index (χ4n) is 3.53. The fourth-order valence-corrected chi connectivity index (χ4v) is 3.53. The van der Waals surface area contributed by atoms with Crippen LogP contribution in [0.4, 0.5) is 0 Å². The van der Waals surface area contributed by atoms with Gasteiger partial charge in [0.25, 0.3) is 11.8 Å². The molecule has 28 heavy (non-hydrogen) atoms. The third-order valence-electron chi connectivity index (χ3n) is 5.11. The summed E-state index contributed by atoms with van der Waals surface area (Å²) < 4.78 is 0. The molecule has 2 aromatic heterocycles. The quantitative estimate of drug-likeness (QED) is 0.543. The Bertz CT molecular complexity index is 1040. The van der Waals surface area contributed by atoms with Crippen molar-refractivity contribution < 1.29 is 14.7 Å². The summed E-state index contributed by atoms with van der Waals surface area (Å²) in [7, 11) is 1.53. The van der Waals surface area contributed by atoms with Gasteiger partial charge in [0.15, 0.2) is 0 Å². The number of pyridine rings is 1. The highest BCUT2D eigenvalue weighted by molar-refractivity contribution is 5.98. The molecule has 1 fully saturated rings. The van der Waals surface area contributed by atoms with Crippen LogP contribution in [0.3, 0.4) is 0 Å². The number of hydrogen-bond acceptors (Lipinski definition) is 4. The summed E-state index contributed by atoms with van der Waals surface area (Å²) in [6.45, 7) is 0. The van der Waals surface area contributed by atoms with Gasteiger partial charge in [-0.25, -0.2) is 4.98 Å². The molecular formula is C21H22N4O3. The molecule has 0 unspecified atom stereocenters. The number of nitrogens with one attached hydrogen (secondary N) is 3. The van der Waals surface area contributed by atoms with Gasteiger partial charge in [-0.15, -0.1) is 0 Å². The number of nitrogens with zero attached hydrogens (tertiary/aromatic N) is 1. The van der Waals surface area contributed by atoms with E-state index in [4.69, 9.17) is 0 Å². The lowest BCUT2D eigenvalue weighted by Gasteiger charge is -2.32. The summed E-state index contributed by atoms with van der Waals surface area (Å²) >= 11 is 0. The average Bonchev–Trinajstić information content (AvgIpc) is 3.15. The lowest BCUT2D eigenvalue weighted by molar-refractivity contribution is 0.0562. The van der Waals surface area contributed by atoms with Crippen molar-refractivity contribution in [3.63, 3.8) is 0 Å². The van der Waals surface area contributed by atoms with Crippen LogP contribution in [-0.2, 0) is 6.42 Å². The Labute approximate surface area is 162 Å². The van der Waals surface area contributed by atoms with Crippen molar-refractivity contribution in [1.29, 1.82) is 0 Å². The molecule has 4 rings (SSSR count). The Kier molecular flexibility index (Phi) is 4.83. The molecule has 0 aliphatic heterocycles. The van der Waals surface area contributed by atoms with Crippen molar-refractivity contribution in [2.45, 2.75) is 31.4 Å². The average molecular weight is 378 g/mol. The number of benzene rings is 1. The zero-order chi connectivity index (χ0) is 19.7. The highest BCUT2D eigenvalue weighted by Gasteiger charge is 2.29. The highest BCUT2D eigenvalue weighted by Crippen LogP contribution is 2.22. The van der Waals surface area contributed by atoms with Crippen molar-refractivity contribution in [1.82, 2.24) is 20.6 Å². The van der Waals surface area contributed by atoms with E-state index in [1.807, 2.05) is 30.5 Å². The number of carbonyl (C=O) groups excluding carboxylic acids is 2. The number of carbonyl (C=O) groups is 2. The molecular weight excluding hydrogens is 356 g/mol. The maximum atomic E-state index is 12.6. The van der Waals surface area contributed by atoms with Gasteiger partial charge >= 0.3 is 0 Å². The van der Waals surface area contributed by atoms with Crippen molar-refractivity contribution in [2.24, 2.45) is 0 Å². The minimum atomic E-state index is -0.346. The summed E-state index contributed by atoms with van der Waals surface area (Å²) in [6, 6.07) is 11.2. The predicted octanol–water partition coefficient (Wildman–Crippen LogP) is 1.77. The minimum absolute atomic E-state index is 0.0313. The Morgan fingerprint density at radius 3 is 2.79 bits per heavy atom. The Hall–Kier alpha value is -3.19. The second-order valence-corrected chi connectivity index (χ2v) is 7.14. The van der Waals surface area contributed by atoms with Crippen LogP contribution < -0.4 is 10.6 Å². The summed E-state index contributed by atoms with van der Waals surface area (Å²) in [6.07, 6.45) is 3.15. The number of hydrogen-bond donors (Lipinski definition) is 4. The second-order valence-electron chi connectivity index (χ2n) is 7.14. The Balaban J connectivity index is 1.65. The van der Waals surface area contributed by atoms with Gasteiger partial charge in [-0.2, -0.15) is 0 Å². The fraction of sp³-hybridized carbons (Fsp3) is 0.286. The van der Waals surface area contributed by atoms with E-state index in [2.05, 4.69) is 20.6 Å². The molecule has 4 N–H and O–H groups in total. The van der Waals surface area contributed by atoms with Crippen LogP contribution in [0.15, 0.2) is 42.6 Å². The molecule has 3 aromatic rings. The molecule has 7 heteroatoms. The maximum absolute atomic E-state index is 12.6. The van der Waals surface area contributed by atoms with Gasteiger partial charge in [-0.1, -0.05) is 12.1 Å². The van der Waals surface area contributed by atoms with E-state index in [-0.39, 0.29) is 29.7 Å². The third-order valence-corrected chi connectivity index (χ3v) is 5.11. The largest absolute Gasteiger partial charge is 0.393 e. The number of amides is 2. The standard InChI is InChI=1S/C21H22N4O3/c1-22-21(28)19-9-13(20(27)25-15-10-16(26)11-15)8-14(24-19)7-12-3-2-4-18-17(12)5-6-23-18/h2-6,8-9,15-16,23,26H,7,10-11H2,1H3,(H,22,28)(H,25,27)/t15-,16-. The van der Waals surface area contributed by atoms with Crippen LogP contribution in [0.1, 0.15) is 44.9 Å². The van der Waals surface area contributed by atoms with Crippen LogP contribution in [0, 0.1) is 0 Å². The number of H-pyrrole nitrogens is 1. The topological polar surface area (TPSA) is 107 Å². The lowest BCUT2D eigenvalue weighted by Crippen LogP contribution is -2.46. The highest BCUT2D eigenvalue weighted by atomic mass is 16.3. The SMILES string of the molecule is CNC(=O)c1cc(C(=O)N[C@H]2C[C@H](O)C2)cc(Cc2cccc3[nH]ccc23)n1. The van der Waals surface area contributed by atoms with Crippen LogP contribution in [0.2, 0.25) is 0 Å². The van der Waals surface area contributed by atoms with E-state index in [0.717, 1.165) is 16.5 Å². The molecule has 0 bridgehead atoms. The Morgan fingerprint density at radius 2 is 2.04 bits per heavy atom. The first-order chi connectivity index (χ1) is 13.5. The molecule has 2 amide bonds. The summed E-state index contributed by atoms with van der Waals surface area (Å²) in [5, 5.41) is 16.0. The van der Waals surface area contributed by atoms with Gasteiger partial charge in [-0.3, -0.25) is 9.59 Å². The van der Waals surface area contributed by atoms with Gasteiger partial charge in [0.2, 0.25) is 0 Å². The molecule has 1 saturated carbocycles. The molecule has 0 radical (unpaired) electrons. The monoisotopic (exact) mass is 378 g/mol. The molecule has 7 nitrogen and oxygen atoms in total. The molecule has 1 aliphatic rings. The van der Waals surface area contributed by atoms with Crippen LogP contribution in [-0.4, -0.2) is 46.1 Å². The van der Waals surface area contributed by atoms with Crippen molar-refractivity contribution in [3.8, 4) is 0 Å². The summed E-state index contributed by atoms with van der Waals surface area (Å²) in [5.41, 5.74) is 3.34. The van der Waals surface area contributed by atoms with Crippen LogP contribution >= 0.6 is 0 Å². The van der Waals surface area contributed by atoms with Crippen molar-refractivity contribution in [2.75, 3.05) is 7.05 Å². The molecule has 0 spiro atoms. The number of aliphatic hydroxyl groups is 1. The first-order valence-corrected chi connectivity index (χ1v) is 9.30. The van der Waals surface area contributed by atoms with E-state index in [1.165, 1.54) is 13.1 Å². The van der Waals surface area contributed by atoms with E-state index < -0.39 is 0 Å². The molecule has 2 heterocycles. The summed E-state index contributed by atoms with van der Waals surface area (Å²) in [4.78, 5) is 32.4. The van der Waals surface area contributed by atoms with Gasteiger partial charge in [0.05, 0.1) is 6.10 Å². The summed E-state index contributed by atoms with van der Waals surface area (Å²) in [5.74, 6) is -0.597. The molecule has 0 atom stereocenters. The smallest absolute Gasteiger partial charge is 0.269 e. The molecule has 0 saturated heterocycles. The van der Waals surface area contributed by atoms with E-state index in [1.54, 1.807) is 6.07 Å². The number of aromatic nitrogens is 2. The number of fused-ring (bicyclic) bond motifs is 1. The van der Waals surface area contributed by atoms with Gasteiger partial charge in [-0.05, 0) is 42.7 Å². The third kappa shape index (κ3) is 3.61. The first-order valence-electron chi connectivity index (χ1n) is 9.30. The molecule has 144 valence electrons. The minimum Gasteiger partial charge on any atom is -0.393 e. The van der Waals surface area contributed by atoms with Gasteiger partial charge in [0.1, 0.15) is 5.69 Å². The maximum Gasteiger partial charge on any atom is 0.269 e. The zero-order valence-corrected chi connectivity index (χ0v) is 15.5. The van der Waals surface area contributed by atoms with E-state index in [0.29, 0.717) is 30.5 Å². The zero-order valence-electron chi connectivity index (χ0n) is 15.5. The molecule has 1 aliphatic carbocycles. The van der Waals surface area contributed by atoms with Gasteiger partial charge < -0.3 is 20.7 Å². The van der Waals surface area contributed by atoms with Crippen LogP contribution in [0.25, 0.3) is 10.9 Å². The number of rotatable bonds is 5. The van der Waals surface area contributed by atoms with E-state index >= 15 is 0 Å². The predicted molar refractivity (Wildman–Crippen MR) is 105 cm³/mol. The van der Waals surface area contributed by atoms with Crippen molar-refractivity contribution in [3.05, 3.63) is 65.1 Å². The van der Waals surface area contributed by atoms with E-state index in [9.17, 15) is 14.7 Å². The second kappa shape index (κ2) is 7.44. The number of aliphatic hydroxyl groups excluding tert-OH is 1. The van der Waals surface area contributed by atoms with Crippen LogP contribution in [0.5, 0.6) is 0 Å². The normalized spacial score (nSPS) is 18.5. The number of aromatic amines is 1. The first kappa shape index (κ1) is 18.2.